The highest BCUT2D eigenvalue weighted by atomic mass is 16.5. The maximum absolute atomic E-state index is 6.19. The summed E-state index contributed by atoms with van der Waals surface area (Å²) in [6.45, 7) is 5.48. The van der Waals surface area contributed by atoms with Crippen molar-refractivity contribution < 1.29 is 9.47 Å². The van der Waals surface area contributed by atoms with Gasteiger partial charge in [-0.3, -0.25) is 0 Å². The van der Waals surface area contributed by atoms with E-state index in [9.17, 15) is 0 Å². The molecule has 0 atom stereocenters. The molecule has 0 aromatic heterocycles. The fourth-order valence-corrected chi connectivity index (χ4v) is 2.36. The van der Waals surface area contributed by atoms with Crippen molar-refractivity contribution in [2.75, 3.05) is 31.4 Å². The Morgan fingerprint density at radius 1 is 1.21 bits per heavy atom. The van der Waals surface area contributed by atoms with Gasteiger partial charge in [-0.25, -0.2) is 0 Å². The first kappa shape index (κ1) is 13.8. The van der Waals surface area contributed by atoms with Gasteiger partial charge in [-0.05, 0) is 18.8 Å². The van der Waals surface area contributed by atoms with Crippen LogP contribution in [0.4, 0.5) is 11.4 Å². The molecular formula is C15H24N2O2. The van der Waals surface area contributed by atoms with E-state index in [1.807, 2.05) is 12.1 Å². The number of nitrogen functional groups attached to an aromatic ring is 1. The van der Waals surface area contributed by atoms with E-state index in [1.54, 1.807) is 14.2 Å². The molecule has 0 saturated heterocycles. The van der Waals surface area contributed by atoms with Gasteiger partial charge in [0.05, 0.1) is 25.6 Å². The van der Waals surface area contributed by atoms with Crippen LogP contribution < -0.4 is 20.1 Å². The van der Waals surface area contributed by atoms with Crippen molar-refractivity contribution in [2.45, 2.75) is 32.7 Å². The number of ether oxygens (including phenoxy) is 2. The Morgan fingerprint density at radius 3 is 2.26 bits per heavy atom. The molecule has 1 aromatic carbocycles. The molecule has 0 bridgehead atoms. The summed E-state index contributed by atoms with van der Waals surface area (Å²) < 4.78 is 10.7. The molecule has 0 spiro atoms. The molecule has 0 amide bonds. The van der Waals surface area contributed by atoms with Gasteiger partial charge in [-0.2, -0.15) is 0 Å². The first-order chi connectivity index (χ1) is 9.06. The van der Waals surface area contributed by atoms with Gasteiger partial charge in [0.15, 0.2) is 11.5 Å². The Morgan fingerprint density at radius 2 is 1.79 bits per heavy atom. The van der Waals surface area contributed by atoms with Gasteiger partial charge in [0.2, 0.25) is 0 Å². The second-order valence-corrected chi connectivity index (χ2v) is 5.54. The molecule has 0 radical (unpaired) electrons. The Balaban J connectivity index is 2.35. The molecule has 0 unspecified atom stereocenters. The van der Waals surface area contributed by atoms with Crippen LogP contribution in [0.25, 0.3) is 0 Å². The molecule has 0 aliphatic heterocycles. The summed E-state index contributed by atoms with van der Waals surface area (Å²) in [6.07, 6.45) is 2.50. The van der Waals surface area contributed by atoms with E-state index in [0.717, 1.165) is 23.7 Å². The van der Waals surface area contributed by atoms with E-state index in [0.29, 0.717) is 17.7 Å². The minimum absolute atomic E-state index is 0.605. The summed E-state index contributed by atoms with van der Waals surface area (Å²) in [5, 5.41) is 0. The van der Waals surface area contributed by atoms with E-state index < -0.39 is 0 Å². The van der Waals surface area contributed by atoms with Crippen LogP contribution in [0.15, 0.2) is 12.1 Å². The summed E-state index contributed by atoms with van der Waals surface area (Å²) in [4.78, 5) is 2.40. The van der Waals surface area contributed by atoms with Gasteiger partial charge in [-0.1, -0.05) is 13.8 Å². The second-order valence-electron chi connectivity index (χ2n) is 5.54. The van der Waals surface area contributed by atoms with E-state index in [2.05, 4.69) is 18.7 Å². The molecule has 1 aliphatic rings. The lowest BCUT2D eigenvalue weighted by atomic mass is 10.1. The zero-order chi connectivity index (χ0) is 14.0. The minimum Gasteiger partial charge on any atom is -0.493 e. The fraction of sp³-hybridized carbons (Fsp3) is 0.600. The zero-order valence-electron chi connectivity index (χ0n) is 12.3. The predicted molar refractivity (Wildman–Crippen MR) is 79.2 cm³/mol. The van der Waals surface area contributed by atoms with Crippen LogP contribution in [-0.2, 0) is 0 Å². The van der Waals surface area contributed by atoms with Crippen LogP contribution in [0, 0.1) is 5.92 Å². The molecule has 19 heavy (non-hydrogen) atoms. The quantitative estimate of drug-likeness (QED) is 0.803. The van der Waals surface area contributed by atoms with Crippen molar-refractivity contribution in [1.29, 1.82) is 0 Å². The van der Waals surface area contributed by atoms with Gasteiger partial charge in [-0.15, -0.1) is 0 Å². The van der Waals surface area contributed by atoms with Gasteiger partial charge in [0, 0.05) is 24.7 Å². The topological polar surface area (TPSA) is 47.7 Å². The largest absolute Gasteiger partial charge is 0.493 e. The average Bonchev–Trinajstić information content (AvgIpc) is 3.20. The van der Waals surface area contributed by atoms with E-state index in [-0.39, 0.29) is 0 Å². The standard InChI is InChI=1S/C15H24N2O2/c1-10(2)9-17(11-5-6-11)13-8-15(19-4)14(18-3)7-12(13)16/h7-8,10-11H,5-6,9,16H2,1-4H3. The number of hydrogen-bond acceptors (Lipinski definition) is 4. The summed E-state index contributed by atoms with van der Waals surface area (Å²) in [5.74, 6) is 2.03. The predicted octanol–water partition coefficient (Wildman–Crippen LogP) is 2.91. The highest BCUT2D eigenvalue weighted by Crippen LogP contribution is 2.41. The van der Waals surface area contributed by atoms with Crippen molar-refractivity contribution in [3.8, 4) is 11.5 Å². The Bertz CT molecular complexity index is 442. The monoisotopic (exact) mass is 264 g/mol. The number of nitrogens with two attached hydrogens (primary N) is 1. The third-order valence-corrected chi connectivity index (χ3v) is 3.39. The number of benzene rings is 1. The average molecular weight is 264 g/mol. The lowest BCUT2D eigenvalue weighted by molar-refractivity contribution is 0.355. The van der Waals surface area contributed by atoms with E-state index in [1.165, 1.54) is 12.8 Å². The molecular weight excluding hydrogens is 240 g/mol. The number of anilines is 2. The van der Waals surface area contributed by atoms with Crippen molar-refractivity contribution in [2.24, 2.45) is 5.92 Å². The van der Waals surface area contributed by atoms with Gasteiger partial charge >= 0.3 is 0 Å². The fourth-order valence-electron chi connectivity index (χ4n) is 2.36. The molecule has 1 saturated carbocycles. The first-order valence-electron chi connectivity index (χ1n) is 6.85. The molecule has 1 aromatic rings. The highest BCUT2D eigenvalue weighted by Gasteiger charge is 2.31. The van der Waals surface area contributed by atoms with Crippen LogP contribution in [0.2, 0.25) is 0 Å². The maximum Gasteiger partial charge on any atom is 0.162 e. The summed E-state index contributed by atoms with van der Waals surface area (Å²) in [5.41, 5.74) is 8.00. The minimum atomic E-state index is 0.605. The van der Waals surface area contributed by atoms with Crippen molar-refractivity contribution in [3.63, 3.8) is 0 Å². The molecule has 1 fully saturated rings. The Hall–Kier alpha value is -1.58. The highest BCUT2D eigenvalue weighted by molar-refractivity contribution is 5.74. The summed E-state index contributed by atoms with van der Waals surface area (Å²) >= 11 is 0. The third-order valence-electron chi connectivity index (χ3n) is 3.39. The molecule has 2 rings (SSSR count). The molecule has 0 heterocycles. The lowest BCUT2D eigenvalue weighted by Crippen LogP contribution is -2.30. The van der Waals surface area contributed by atoms with Gasteiger partial charge < -0.3 is 20.1 Å². The number of hydrogen-bond donors (Lipinski definition) is 1. The third kappa shape index (κ3) is 3.06. The number of rotatable bonds is 6. The van der Waals surface area contributed by atoms with Gasteiger partial charge in [0.1, 0.15) is 0 Å². The van der Waals surface area contributed by atoms with Crippen molar-refractivity contribution in [1.82, 2.24) is 0 Å². The summed E-state index contributed by atoms with van der Waals surface area (Å²) in [6, 6.07) is 4.47. The van der Waals surface area contributed by atoms with Crippen LogP contribution >= 0.6 is 0 Å². The maximum atomic E-state index is 6.19. The van der Waals surface area contributed by atoms with Crippen molar-refractivity contribution >= 4 is 11.4 Å². The van der Waals surface area contributed by atoms with Crippen LogP contribution in [0.1, 0.15) is 26.7 Å². The summed E-state index contributed by atoms with van der Waals surface area (Å²) in [7, 11) is 3.28. The molecule has 4 nitrogen and oxygen atoms in total. The molecule has 1 aliphatic carbocycles. The van der Waals surface area contributed by atoms with Crippen molar-refractivity contribution in [3.05, 3.63) is 12.1 Å². The Labute approximate surface area is 115 Å². The number of nitrogens with zero attached hydrogens (tertiary/aromatic N) is 1. The molecule has 106 valence electrons. The Kier molecular flexibility index (Phi) is 4.08. The first-order valence-corrected chi connectivity index (χ1v) is 6.85. The second kappa shape index (κ2) is 5.59. The van der Waals surface area contributed by atoms with Crippen LogP contribution in [0.3, 0.4) is 0 Å². The SMILES string of the molecule is COc1cc(N)c(N(CC(C)C)C2CC2)cc1OC. The van der Waals surface area contributed by atoms with Gasteiger partial charge in [0.25, 0.3) is 0 Å². The number of methoxy groups -OCH3 is 2. The van der Waals surface area contributed by atoms with E-state index in [4.69, 9.17) is 15.2 Å². The van der Waals surface area contributed by atoms with Crippen LogP contribution in [-0.4, -0.2) is 26.8 Å². The van der Waals surface area contributed by atoms with E-state index >= 15 is 0 Å². The van der Waals surface area contributed by atoms with Crippen LogP contribution in [0.5, 0.6) is 11.5 Å². The normalized spacial score (nSPS) is 14.6. The lowest BCUT2D eigenvalue weighted by Gasteiger charge is -2.28. The molecule has 2 N–H and O–H groups in total. The molecule has 4 heteroatoms. The smallest absolute Gasteiger partial charge is 0.162 e. The zero-order valence-corrected chi connectivity index (χ0v) is 12.3.